The molecule has 226 valence electrons. The van der Waals surface area contributed by atoms with Gasteiger partial charge in [-0.3, -0.25) is 4.79 Å². The van der Waals surface area contributed by atoms with Gasteiger partial charge in [-0.15, -0.1) is 0 Å². The first kappa shape index (κ1) is 31.4. The van der Waals surface area contributed by atoms with E-state index < -0.39 is 15.4 Å². The van der Waals surface area contributed by atoms with Crippen LogP contribution in [0.2, 0.25) is 0 Å². The lowest BCUT2D eigenvalue weighted by atomic mass is 9.84. The van der Waals surface area contributed by atoms with E-state index in [0.717, 1.165) is 24.8 Å². The van der Waals surface area contributed by atoms with Gasteiger partial charge < -0.3 is 24.2 Å². The van der Waals surface area contributed by atoms with Gasteiger partial charge in [0, 0.05) is 25.4 Å². The van der Waals surface area contributed by atoms with Gasteiger partial charge in [0.2, 0.25) is 5.91 Å². The largest absolute Gasteiger partial charge is 0.494 e. The molecule has 1 heterocycles. The molecule has 1 fully saturated rings. The van der Waals surface area contributed by atoms with Crippen LogP contribution in [0.1, 0.15) is 52.0 Å². The van der Waals surface area contributed by atoms with E-state index in [9.17, 15) is 18.3 Å². The minimum atomic E-state index is -3.33. The minimum Gasteiger partial charge on any atom is -0.494 e. The first-order valence-electron chi connectivity index (χ1n) is 14.5. The van der Waals surface area contributed by atoms with Crippen LogP contribution in [0.25, 0.3) is 0 Å². The molecule has 0 aliphatic carbocycles. The van der Waals surface area contributed by atoms with Gasteiger partial charge in [-0.25, -0.2) is 8.42 Å². The number of carbonyl (C=O) groups excluding carboxylic acids is 1. The summed E-state index contributed by atoms with van der Waals surface area (Å²) in [5.74, 6) is 3.12. The van der Waals surface area contributed by atoms with E-state index in [1.54, 1.807) is 24.3 Å². The highest BCUT2D eigenvalue weighted by atomic mass is 32.2. The van der Waals surface area contributed by atoms with Gasteiger partial charge >= 0.3 is 0 Å². The Labute approximate surface area is 249 Å². The predicted molar refractivity (Wildman–Crippen MR) is 162 cm³/mol. The maximum Gasteiger partial charge on any atom is 0.226 e. The number of piperidine rings is 1. The molecular weight excluding hydrogens is 554 g/mol. The number of hydrogen-bond donors (Lipinski definition) is 1. The summed E-state index contributed by atoms with van der Waals surface area (Å²) in [4.78, 5) is 15.3. The number of rotatable bonds is 12. The van der Waals surface area contributed by atoms with Gasteiger partial charge in [0.15, 0.2) is 9.84 Å². The Morgan fingerprint density at radius 1 is 0.881 bits per heavy atom. The molecule has 1 amide bonds. The van der Waals surface area contributed by atoms with Gasteiger partial charge in [0.1, 0.15) is 28.7 Å². The van der Waals surface area contributed by atoms with Crippen molar-refractivity contribution in [2.24, 2.45) is 5.92 Å². The summed E-state index contributed by atoms with van der Waals surface area (Å²) in [6.45, 7) is 7.91. The van der Waals surface area contributed by atoms with Crippen molar-refractivity contribution < 1.29 is 32.5 Å². The van der Waals surface area contributed by atoms with Crippen molar-refractivity contribution in [3.05, 3.63) is 72.3 Å². The van der Waals surface area contributed by atoms with Crippen molar-refractivity contribution in [3.8, 4) is 28.7 Å². The Morgan fingerprint density at radius 3 is 1.90 bits per heavy atom. The number of nitrogens with zero attached hydrogens (tertiary/aromatic N) is 1. The minimum absolute atomic E-state index is 0.0281. The van der Waals surface area contributed by atoms with Crippen LogP contribution in [-0.2, 0) is 21.1 Å². The van der Waals surface area contributed by atoms with Crippen molar-refractivity contribution in [1.29, 1.82) is 0 Å². The molecular formula is C33H41NO7S. The maximum absolute atomic E-state index is 13.3. The van der Waals surface area contributed by atoms with Gasteiger partial charge in [-0.1, -0.05) is 20.8 Å². The number of ether oxygens (including phenoxy) is 3. The molecule has 9 heteroatoms. The molecule has 42 heavy (non-hydrogen) atoms. The smallest absolute Gasteiger partial charge is 0.226 e. The van der Waals surface area contributed by atoms with Gasteiger partial charge in [-0.05, 0) is 97.8 Å². The van der Waals surface area contributed by atoms with Crippen LogP contribution in [0.3, 0.4) is 0 Å². The molecule has 8 nitrogen and oxygen atoms in total. The number of amides is 1. The first-order valence-corrected chi connectivity index (χ1v) is 16.3. The van der Waals surface area contributed by atoms with Crippen LogP contribution in [0, 0.1) is 5.92 Å². The summed E-state index contributed by atoms with van der Waals surface area (Å²) >= 11 is 0. The predicted octanol–water partition coefficient (Wildman–Crippen LogP) is 6.41. The van der Waals surface area contributed by atoms with Crippen molar-refractivity contribution in [2.45, 2.75) is 63.4 Å². The third-order valence-electron chi connectivity index (χ3n) is 7.15. The van der Waals surface area contributed by atoms with E-state index in [2.05, 4.69) is 13.8 Å². The van der Waals surface area contributed by atoms with Crippen molar-refractivity contribution in [3.63, 3.8) is 0 Å². The first-order chi connectivity index (χ1) is 19.9. The zero-order chi connectivity index (χ0) is 30.3. The normalized spacial score (nSPS) is 15.0. The fourth-order valence-corrected chi connectivity index (χ4v) is 5.75. The third-order valence-corrected chi connectivity index (χ3v) is 8.28. The van der Waals surface area contributed by atoms with Crippen LogP contribution < -0.4 is 14.2 Å². The molecule has 1 aliphatic rings. The van der Waals surface area contributed by atoms with E-state index in [1.165, 1.54) is 12.1 Å². The molecule has 1 aliphatic heterocycles. The Bertz CT molecular complexity index is 1440. The number of hydrogen-bond acceptors (Lipinski definition) is 7. The van der Waals surface area contributed by atoms with E-state index in [0.29, 0.717) is 67.0 Å². The highest BCUT2D eigenvalue weighted by molar-refractivity contribution is 7.90. The van der Waals surface area contributed by atoms with Gasteiger partial charge in [0.25, 0.3) is 0 Å². The summed E-state index contributed by atoms with van der Waals surface area (Å²) in [5, 5.41) is 10.9. The second kappa shape index (κ2) is 13.6. The van der Waals surface area contributed by atoms with Crippen LogP contribution in [0.15, 0.2) is 71.6 Å². The topological polar surface area (TPSA) is 102 Å². The highest BCUT2D eigenvalue weighted by Gasteiger charge is 2.34. The van der Waals surface area contributed by atoms with Crippen LogP contribution in [-0.4, -0.2) is 55.9 Å². The van der Waals surface area contributed by atoms with Crippen LogP contribution >= 0.6 is 0 Å². The maximum atomic E-state index is 13.3. The lowest BCUT2D eigenvalue weighted by Crippen LogP contribution is -2.47. The Morgan fingerprint density at radius 2 is 1.40 bits per heavy atom. The molecule has 3 aromatic rings. The highest BCUT2D eigenvalue weighted by Crippen LogP contribution is 2.33. The molecule has 1 saturated heterocycles. The average molecular weight is 596 g/mol. The van der Waals surface area contributed by atoms with E-state index in [4.69, 9.17) is 14.2 Å². The zero-order valence-electron chi connectivity index (χ0n) is 24.8. The van der Waals surface area contributed by atoms with Crippen molar-refractivity contribution >= 4 is 15.7 Å². The van der Waals surface area contributed by atoms with E-state index >= 15 is 0 Å². The second-order valence-corrected chi connectivity index (χ2v) is 13.5. The SMILES string of the molecule is CCCOc1ccc(Oc2cc(CC(=O)N3CCC(O)(CC(C)C)CC3)cc(Oc3ccc(S(C)(=O)=O)cc3)c2)cc1. The molecule has 0 spiro atoms. The molecule has 3 aromatic carbocycles. The summed E-state index contributed by atoms with van der Waals surface area (Å²) in [7, 11) is -3.33. The molecule has 0 bridgehead atoms. The van der Waals surface area contributed by atoms with Gasteiger partial charge in [-0.2, -0.15) is 0 Å². The standard InChI is InChI=1S/C33H41NO7S/c1-5-18-39-26-6-8-27(9-7-26)40-29-19-25(21-32(35)34-16-14-33(36,15-17-34)23-24(2)3)20-30(22-29)41-28-10-12-31(13-11-28)42(4,37)38/h6-13,19-20,22,24,36H,5,14-18,21,23H2,1-4H3. The molecule has 0 aromatic heterocycles. The Balaban J connectivity index is 1.52. The van der Waals surface area contributed by atoms with E-state index in [1.807, 2.05) is 42.2 Å². The third kappa shape index (κ3) is 8.97. The summed E-state index contributed by atoms with van der Waals surface area (Å²) in [6.07, 6.45) is 4.08. The lowest BCUT2D eigenvalue weighted by Gasteiger charge is -2.39. The number of likely N-dealkylation sites (tertiary alicyclic amines) is 1. The average Bonchev–Trinajstić information content (AvgIpc) is 2.92. The summed E-state index contributed by atoms with van der Waals surface area (Å²) < 4.78 is 41.5. The van der Waals surface area contributed by atoms with E-state index in [-0.39, 0.29) is 17.2 Å². The van der Waals surface area contributed by atoms with Gasteiger partial charge in [0.05, 0.1) is 23.5 Å². The lowest BCUT2D eigenvalue weighted by molar-refractivity contribution is -0.135. The molecule has 0 atom stereocenters. The molecule has 0 radical (unpaired) electrons. The Kier molecular flexibility index (Phi) is 10.2. The van der Waals surface area contributed by atoms with Crippen LogP contribution in [0.4, 0.5) is 0 Å². The molecule has 4 rings (SSSR count). The van der Waals surface area contributed by atoms with Crippen LogP contribution in [0.5, 0.6) is 28.7 Å². The van der Waals surface area contributed by atoms with Crippen molar-refractivity contribution in [2.75, 3.05) is 26.0 Å². The summed E-state index contributed by atoms with van der Waals surface area (Å²) in [5.41, 5.74) is -0.00470. The summed E-state index contributed by atoms with van der Waals surface area (Å²) in [6, 6.07) is 18.8. The molecule has 0 saturated carbocycles. The monoisotopic (exact) mass is 595 g/mol. The number of aliphatic hydroxyl groups is 1. The number of benzene rings is 3. The fraction of sp³-hybridized carbons (Fsp3) is 0.424. The fourth-order valence-electron chi connectivity index (χ4n) is 5.12. The molecule has 1 N–H and O–H groups in total. The molecule has 0 unspecified atom stereocenters. The zero-order valence-corrected chi connectivity index (χ0v) is 25.7. The number of carbonyl (C=O) groups is 1. The quantitative estimate of drug-likeness (QED) is 0.258. The second-order valence-electron chi connectivity index (χ2n) is 11.5. The van der Waals surface area contributed by atoms with Crippen molar-refractivity contribution in [1.82, 2.24) is 4.90 Å². The Hall–Kier alpha value is -3.56. The number of sulfone groups is 1.